The van der Waals surface area contributed by atoms with Gasteiger partial charge in [0.15, 0.2) is 5.82 Å². The molecule has 6 rings (SSSR count). The minimum Gasteiger partial charge on any atom is -0.475 e. The molecule has 0 bridgehead atoms. The molecule has 0 radical (unpaired) electrons. The minimum atomic E-state index is -0.450. The van der Waals surface area contributed by atoms with Gasteiger partial charge in [0.05, 0.1) is 5.69 Å². The lowest BCUT2D eigenvalue weighted by Crippen LogP contribution is -2.56. The van der Waals surface area contributed by atoms with Crippen LogP contribution in [0.4, 0.5) is 10.1 Å². The first-order valence-electron chi connectivity index (χ1n) is 15.1. The number of benzene rings is 2. The van der Waals surface area contributed by atoms with E-state index in [0.717, 1.165) is 48.4 Å². The van der Waals surface area contributed by atoms with Gasteiger partial charge < -0.3 is 24.3 Å². The van der Waals surface area contributed by atoms with E-state index < -0.39 is 11.9 Å². The van der Waals surface area contributed by atoms with Gasteiger partial charge in [-0.05, 0) is 68.3 Å². The predicted molar refractivity (Wildman–Crippen MR) is 171 cm³/mol. The number of hydrogen-bond donors (Lipinski definition) is 0. The minimum absolute atomic E-state index is 0.105. The van der Waals surface area contributed by atoms with Crippen LogP contribution in [0.1, 0.15) is 30.4 Å². The number of hydrogen-bond acceptors (Lipinski definition) is 7. The Kier molecular flexibility index (Phi) is 8.74. The van der Waals surface area contributed by atoms with Crippen LogP contribution in [0, 0.1) is 23.7 Å². The van der Waals surface area contributed by atoms with E-state index >= 15 is 4.39 Å². The molecular formula is C34H35FN6O2S. The van der Waals surface area contributed by atoms with Crippen molar-refractivity contribution < 1.29 is 13.9 Å². The molecule has 3 aliphatic heterocycles. The highest BCUT2D eigenvalue weighted by Crippen LogP contribution is 2.43. The lowest BCUT2D eigenvalue weighted by molar-refractivity contribution is -0.128. The zero-order chi connectivity index (χ0) is 30.8. The molecule has 2 atom stereocenters. The molecule has 0 unspecified atom stereocenters. The van der Waals surface area contributed by atoms with Crippen LogP contribution in [0.3, 0.4) is 0 Å². The monoisotopic (exact) mass is 610 g/mol. The summed E-state index contributed by atoms with van der Waals surface area (Å²) in [6.07, 6.45) is 5.38. The molecule has 2 aromatic carbocycles. The zero-order valence-corrected chi connectivity index (χ0v) is 25.7. The molecule has 8 nitrogen and oxygen atoms in total. The van der Waals surface area contributed by atoms with Gasteiger partial charge in [0.25, 0.3) is 0 Å². The number of thioether (sulfide) groups is 1. The maximum Gasteiger partial charge on any atom is 0.246 e. The number of fused-ring (bicyclic) bond motifs is 2. The number of ether oxygens (including phenoxy) is 1. The number of anilines is 1. The number of likely N-dealkylation sites (N-methyl/N-ethyl adjacent to an activating group) is 1. The smallest absolute Gasteiger partial charge is 0.246 e. The van der Waals surface area contributed by atoms with Crippen molar-refractivity contribution in [2.75, 3.05) is 57.0 Å². The van der Waals surface area contributed by atoms with E-state index in [0.29, 0.717) is 42.9 Å². The fourth-order valence-corrected chi connectivity index (χ4v) is 7.88. The third kappa shape index (κ3) is 5.49. The molecule has 1 amide bonds. The molecule has 0 spiro atoms. The van der Waals surface area contributed by atoms with Crippen LogP contribution < -0.4 is 9.64 Å². The van der Waals surface area contributed by atoms with Gasteiger partial charge in [0.2, 0.25) is 18.3 Å². The van der Waals surface area contributed by atoms with Crippen LogP contribution in [-0.2, 0) is 11.2 Å². The molecule has 3 aliphatic rings. The Labute approximate surface area is 261 Å². The Morgan fingerprint density at radius 3 is 2.86 bits per heavy atom. The molecule has 0 aliphatic carbocycles. The Morgan fingerprint density at radius 1 is 1.25 bits per heavy atom. The van der Waals surface area contributed by atoms with Crippen LogP contribution in [-0.4, -0.2) is 84.9 Å². The molecule has 10 heteroatoms. The number of likely N-dealkylation sites (tertiary alicyclic amines) is 1. The van der Waals surface area contributed by atoms with E-state index in [1.807, 2.05) is 23.1 Å². The fourth-order valence-electron chi connectivity index (χ4n) is 6.69. The second-order valence-electron chi connectivity index (χ2n) is 11.6. The predicted octanol–water partition coefficient (Wildman–Crippen LogP) is 5.55. The highest BCUT2D eigenvalue weighted by Gasteiger charge is 2.35. The van der Waals surface area contributed by atoms with Crippen LogP contribution in [0.5, 0.6) is 5.88 Å². The van der Waals surface area contributed by atoms with Crippen molar-refractivity contribution in [3.63, 3.8) is 0 Å². The standard InChI is InChI=1S/C34H35FN6O2S/c1-4-29(42)41-16-15-40(20-24(41)19-37-2)32-27-13-12-25(26-11-5-8-22-9-7-17-44-33(22)26)30(35)31(27)38-34(28(32)18-36)43-21-23-10-6-14-39(23)3/h4-5,8,11-13,23-24H,1,6-7,9-10,14-17,19-21H2,3H3/t23-,24-/m0/s1. The van der Waals surface area contributed by atoms with Crippen molar-refractivity contribution in [3.8, 4) is 23.1 Å². The van der Waals surface area contributed by atoms with Crippen LogP contribution >= 0.6 is 11.8 Å². The first-order chi connectivity index (χ1) is 21.4. The van der Waals surface area contributed by atoms with Gasteiger partial charge in [-0.25, -0.2) is 15.9 Å². The first-order valence-corrected chi connectivity index (χ1v) is 16.1. The highest BCUT2D eigenvalue weighted by atomic mass is 32.2. The number of aromatic nitrogens is 1. The van der Waals surface area contributed by atoms with Crippen molar-refractivity contribution in [2.45, 2.75) is 42.7 Å². The molecule has 44 heavy (non-hydrogen) atoms. The number of amides is 1. The van der Waals surface area contributed by atoms with E-state index in [4.69, 9.17) is 16.3 Å². The number of carbonyl (C=O) groups excluding carboxylic acids is 1. The summed E-state index contributed by atoms with van der Waals surface area (Å²) < 4.78 is 23.0. The topological polar surface area (TPSA) is 77.1 Å². The Balaban J connectivity index is 1.49. The third-order valence-electron chi connectivity index (χ3n) is 9.01. The third-order valence-corrected chi connectivity index (χ3v) is 10.3. The Morgan fingerprint density at radius 2 is 2.11 bits per heavy atom. The fraction of sp³-hybridized carbons (Fsp3) is 0.412. The number of nitrogens with zero attached hydrogens (tertiary/aromatic N) is 6. The number of pyridine rings is 1. The number of aryl methyl sites for hydroxylation is 1. The Hall–Kier alpha value is -4.12. The maximum atomic E-state index is 16.8. The SMILES string of the molecule is [C-]#[N+]C[C@H]1CN(c2c(C#N)c(OC[C@@H]3CCCN3C)nc3c(F)c(-c4cccc5c4SCCC5)ccc23)CCN1C(=O)C=C. The summed E-state index contributed by atoms with van der Waals surface area (Å²) in [6, 6.07) is 11.8. The summed E-state index contributed by atoms with van der Waals surface area (Å²) >= 11 is 1.76. The van der Waals surface area contributed by atoms with E-state index in [2.05, 4.69) is 35.5 Å². The van der Waals surface area contributed by atoms with Crippen molar-refractivity contribution in [1.29, 1.82) is 5.26 Å². The maximum absolute atomic E-state index is 16.8. The summed E-state index contributed by atoms with van der Waals surface area (Å²) in [5.41, 5.74) is 3.47. The largest absolute Gasteiger partial charge is 0.475 e. The molecule has 3 aromatic rings. The van der Waals surface area contributed by atoms with Gasteiger partial charge in [0.1, 0.15) is 29.8 Å². The van der Waals surface area contributed by atoms with Gasteiger partial charge >= 0.3 is 0 Å². The van der Waals surface area contributed by atoms with Gasteiger partial charge in [-0.1, -0.05) is 30.8 Å². The lowest BCUT2D eigenvalue weighted by Gasteiger charge is -2.40. The van der Waals surface area contributed by atoms with E-state index in [9.17, 15) is 10.1 Å². The highest BCUT2D eigenvalue weighted by molar-refractivity contribution is 7.99. The molecule has 2 fully saturated rings. The second kappa shape index (κ2) is 12.9. The van der Waals surface area contributed by atoms with Gasteiger partial charge in [-0.15, -0.1) is 11.8 Å². The normalized spacial score (nSPS) is 20.2. The summed E-state index contributed by atoms with van der Waals surface area (Å²) in [5.74, 6) is 0.422. The summed E-state index contributed by atoms with van der Waals surface area (Å²) in [4.78, 5) is 27.8. The number of carbonyl (C=O) groups is 1. The van der Waals surface area contributed by atoms with Gasteiger partial charge in [0, 0.05) is 41.5 Å². The average molecular weight is 611 g/mol. The molecule has 2 saturated heterocycles. The van der Waals surface area contributed by atoms with E-state index in [-0.39, 0.29) is 35.5 Å². The van der Waals surface area contributed by atoms with Crippen LogP contribution in [0.2, 0.25) is 0 Å². The van der Waals surface area contributed by atoms with Crippen LogP contribution in [0.25, 0.3) is 26.9 Å². The molecule has 4 heterocycles. The summed E-state index contributed by atoms with van der Waals surface area (Å²) in [7, 11) is 2.05. The number of halogens is 1. The molecular weight excluding hydrogens is 575 g/mol. The summed E-state index contributed by atoms with van der Waals surface area (Å²) in [5, 5.41) is 11.0. The number of nitriles is 1. The van der Waals surface area contributed by atoms with Crippen molar-refractivity contribution in [3.05, 3.63) is 71.3 Å². The number of rotatable bonds is 7. The molecule has 226 valence electrons. The molecule has 0 N–H and O–H groups in total. The van der Waals surface area contributed by atoms with Crippen LogP contribution in [0.15, 0.2) is 47.9 Å². The second-order valence-corrected chi connectivity index (χ2v) is 12.7. The van der Waals surface area contributed by atoms with Gasteiger partial charge in [-0.3, -0.25) is 4.79 Å². The van der Waals surface area contributed by atoms with Crippen molar-refractivity contribution in [2.24, 2.45) is 0 Å². The average Bonchev–Trinajstić information content (AvgIpc) is 3.47. The molecule has 0 saturated carbocycles. The van der Waals surface area contributed by atoms with Crippen molar-refractivity contribution >= 4 is 34.3 Å². The quantitative estimate of drug-likeness (QED) is 0.257. The lowest BCUT2D eigenvalue weighted by atomic mass is 9.97. The summed E-state index contributed by atoms with van der Waals surface area (Å²) in [6.45, 7) is 13.6. The molecule has 1 aromatic heterocycles. The number of piperazine rings is 1. The zero-order valence-electron chi connectivity index (χ0n) is 24.9. The van der Waals surface area contributed by atoms with E-state index in [1.165, 1.54) is 11.6 Å². The first kappa shape index (κ1) is 29.9. The van der Waals surface area contributed by atoms with E-state index in [1.54, 1.807) is 22.7 Å². The Bertz CT molecular complexity index is 1700. The van der Waals surface area contributed by atoms with Crippen molar-refractivity contribution in [1.82, 2.24) is 14.8 Å². The van der Waals surface area contributed by atoms with Gasteiger partial charge in [-0.2, -0.15) is 5.26 Å².